The lowest BCUT2D eigenvalue weighted by molar-refractivity contribution is 0.249. The molecule has 0 amide bonds. The molecule has 1 aliphatic rings. The molecule has 0 aromatic heterocycles. The molecule has 0 saturated heterocycles. The zero-order valence-corrected chi connectivity index (χ0v) is 4.75. The van der Waals surface area contributed by atoms with Gasteiger partial charge < -0.3 is 10.8 Å². The standard InChI is InChI=1S/C6H11NO/c7-6-2-1-5(3-6)4-8/h1-2,5-6,8H,3-4,7H2/t5-,6-/m1/s1. The first-order chi connectivity index (χ1) is 3.83. The van der Waals surface area contributed by atoms with Crippen LogP contribution in [0.1, 0.15) is 6.42 Å². The van der Waals surface area contributed by atoms with Crippen LogP contribution in [0.5, 0.6) is 0 Å². The summed E-state index contributed by atoms with van der Waals surface area (Å²) in [7, 11) is 0. The summed E-state index contributed by atoms with van der Waals surface area (Å²) >= 11 is 0. The second kappa shape index (κ2) is 2.29. The van der Waals surface area contributed by atoms with Crippen LogP contribution in [-0.2, 0) is 0 Å². The van der Waals surface area contributed by atoms with Crippen LogP contribution in [0.15, 0.2) is 12.2 Å². The predicted molar refractivity (Wildman–Crippen MR) is 32.3 cm³/mol. The van der Waals surface area contributed by atoms with Crippen molar-refractivity contribution in [3.8, 4) is 0 Å². The van der Waals surface area contributed by atoms with Gasteiger partial charge in [-0.05, 0) is 6.42 Å². The van der Waals surface area contributed by atoms with Gasteiger partial charge in [-0.2, -0.15) is 0 Å². The summed E-state index contributed by atoms with van der Waals surface area (Å²) in [6, 6.07) is 0.187. The molecular formula is C6H11NO. The zero-order valence-electron chi connectivity index (χ0n) is 4.75. The van der Waals surface area contributed by atoms with Crippen LogP contribution in [0.25, 0.3) is 0 Å². The van der Waals surface area contributed by atoms with Gasteiger partial charge in [-0.15, -0.1) is 0 Å². The molecule has 1 rings (SSSR count). The average molecular weight is 113 g/mol. The first-order valence-corrected chi connectivity index (χ1v) is 2.87. The highest BCUT2D eigenvalue weighted by Gasteiger charge is 2.13. The fraction of sp³-hybridized carbons (Fsp3) is 0.667. The van der Waals surface area contributed by atoms with E-state index in [1.165, 1.54) is 0 Å². The van der Waals surface area contributed by atoms with Crippen LogP contribution in [0.4, 0.5) is 0 Å². The Bertz CT molecular complexity index is 101. The first-order valence-electron chi connectivity index (χ1n) is 2.87. The molecule has 0 bridgehead atoms. The molecule has 0 aromatic carbocycles. The van der Waals surface area contributed by atoms with Crippen molar-refractivity contribution in [1.82, 2.24) is 0 Å². The Balaban J connectivity index is 2.34. The summed E-state index contributed by atoms with van der Waals surface area (Å²) in [4.78, 5) is 0. The quantitative estimate of drug-likeness (QED) is 0.466. The molecule has 0 heterocycles. The van der Waals surface area contributed by atoms with E-state index in [1.54, 1.807) is 0 Å². The van der Waals surface area contributed by atoms with Gasteiger partial charge in [0, 0.05) is 18.6 Å². The Kier molecular flexibility index (Phi) is 1.65. The topological polar surface area (TPSA) is 46.2 Å². The number of rotatable bonds is 1. The summed E-state index contributed by atoms with van der Waals surface area (Å²) in [6.07, 6.45) is 4.84. The zero-order chi connectivity index (χ0) is 5.98. The molecular weight excluding hydrogens is 102 g/mol. The van der Waals surface area contributed by atoms with E-state index < -0.39 is 0 Å². The highest BCUT2D eigenvalue weighted by atomic mass is 16.3. The van der Waals surface area contributed by atoms with E-state index in [-0.39, 0.29) is 12.6 Å². The van der Waals surface area contributed by atoms with Gasteiger partial charge in [0.25, 0.3) is 0 Å². The monoisotopic (exact) mass is 113 g/mol. The van der Waals surface area contributed by atoms with Crippen LogP contribution >= 0.6 is 0 Å². The van der Waals surface area contributed by atoms with E-state index in [0.29, 0.717) is 5.92 Å². The lowest BCUT2D eigenvalue weighted by atomic mass is 10.1. The van der Waals surface area contributed by atoms with E-state index in [4.69, 9.17) is 10.8 Å². The number of hydrogen-bond acceptors (Lipinski definition) is 2. The van der Waals surface area contributed by atoms with E-state index in [0.717, 1.165) is 6.42 Å². The first kappa shape index (κ1) is 5.79. The second-order valence-corrected chi connectivity index (χ2v) is 2.23. The maximum Gasteiger partial charge on any atom is 0.0494 e. The van der Waals surface area contributed by atoms with Gasteiger partial charge >= 0.3 is 0 Å². The van der Waals surface area contributed by atoms with Crippen molar-refractivity contribution >= 4 is 0 Å². The number of hydrogen-bond donors (Lipinski definition) is 2. The number of nitrogens with two attached hydrogens (primary N) is 1. The highest BCUT2D eigenvalue weighted by Crippen LogP contribution is 2.14. The third-order valence-corrected chi connectivity index (χ3v) is 1.44. The summed E-state index contributed by atoms with van der Waals surface area (Å²) in [5, 5.41) is 8.58. The molecule has 8 heavy (non-hydrogen) atoms. The van der Waals surface area contributed by atoms with Crippen LogP contribution in [-0.4, -0.2) is 17.8 Å². The minimum Gasteiger partial charge on any atom is -0.396 e. The molecule has 0 unspecified atom stereocenters. The fourth-order valence-corrected chi connectivity index (χ4v) is 0.942. The van der Waals surface area contributed by atoms with Gasteiger partial charge in [-0.1, -0.05) is 12.2 Å². The van der Waals surface area contributed by atoms with Crippen molar-refractivity contribution in [2.24, 2.45) is 11.7 Å². The second-order valence-electron chi connectivity index (χ2n) is 2.23. The van der Waals surface area contributed by atoms with Crippen LogP contribution in [0.2, 0.25) is 0 Å². The maximum absolute atomic E-state index is 8.58. The minimum absolute atomic E-state index is 0.187. The molecule has 3 N–H and O–H groups in total. The van der Waals surface area contributed by atoms with E-state index >= 15 is 0 Å². The van der Waals surface area contributed by atoms with Gasteiger partial charge in [0.1, 0.15) is 0 Å². The largest absolute Gasteiger partial charge is 0.396 e. The summed E-state index contributed by atoms with van der Waals surface area (Å²) in [6.45, 7) is 0.240. The Labute approximate surface area is 49.0 Å². The molecule has 46 valence electrons. The van der Waals surface area contributed by atoms with Crippen molar-refractivity contribution in [2.45, 2.75) is 12.5 Å². The predicted octanol–water partition coefficient (Wildman–Crippen LogP) is -0.118. The molecule has 0 spiro atoms. The average Bonchev–Trinajstić information content (AvgIpc) is 2.14. The van der Waals surface area contributed by atoms with Gasteiger partial charge in [0.05, 0.1) is 0 Å². The summed E-state index contributed by atoms with van der Waals surface area (Å²) < 4.78 is 0. The third kappa shape index (κ3) is 1.08. The van der Waals surface area contributed by atoms with Gasteiger partial charge in [0.2, 0.25) is 0 Å². The van der Waals surface area contributed by atoms with E-state index in [9.17, 15) is 0 Å². The lowest BCUT2D eigenvalue weighted by Crippen LogP contribution is -2.15. The van der Waals surface area contributed by atoms with Crippen LogP contribution in [0, 0.1) is 5.92 Å². The van der Waals surface area contributed by atoms with Crippen molar-refractivity contribution in [1.29, 1.82) is 0 Å². The van der Waals surface area contributed by atoms with Crippen LogP contribution in [0.3, 0.4) is 0 Å². The van der Waals surface area contributed by atoms with Crippen LogP contribution < -0.4 is 5.73 Å². The fourth-order valence-electron chi connectivity index (χ4n) is 0.942. The molecule has 2 atom stereocenters. The van der Waals surface area contributed by atoms with Gasteiger partial charge in [-0.25, -0.2) is 0 Å². The van der Waals surface area contributed by atoms with Crippen molar-refractivity contribution in [3.05, 3.63) is 12.2 Å². The molecule has 0 fully saturated rings. The highest BCUT2D eigenvalue weighted by molar-refractivity contribution is 5.04. The lowest BCUT2D eigenvalue weighted by Gasteiger charge is -2.02. The molecule has 2 heteroatoms. The number of aliphatic hydroxyl groups is 1. The third-order valence-electron chi connectivity index (χ3n) is 1.44. The molecule has 1 aliphatic carbocycles. The van der Waals surface area contributed by atoms with E-state index in [2.05, 4.69) is 0 Å². The summed E-state index contributed by atoms with van der Waals surface area (Å²) in [5.74, 6) is 0.324. The van der Waals surface area contributed by atoms with Gasteiger partial charge in [-0.3, -0.25) is 0 Å². The Hall–Kier alpha value is -0.340. The Morgan fingerprint density at radius 1 is 1.62 bits per heavy atom. The minimum atomic E-state index is 0.187. The van der Waals surface area contributed by atoms with Gasteiger partial charge in [0.15, 0.2) is 0 Å². The Morgan fingerprint density at radius 3 is 2.62 bits per heavy atom. The SMILES string of the molecule is N[C@@H]1C=C[C@@H](CO)C1. The molecule has 0 aliphatic heterocycles. The van der Waals surface area contributed by atoms with Crippen molar-refractivity contribution in [2.75, 3.05) is 6.61 Å². The molecule has 0 saturated carbocycles. The normalized spacial score (nSPS) is 36.2. The number of aliphatic hydroxyl groups excluding tert-OH is 1. The summed E-state index contributed by atoms with van der Waals surface area (Å²) in [5.41, 5.74) is 5.50. The maximum atomic E-state index is 8.58. The van der Waals surface area contributed by atoms with Crippen molar-refractivity contribution < 1.29 is 5.11 Å². The Morgan fingerprint density at radius 2 is 2.38 bits per heavy atom. The van der Waals surface area contributed by atoms with E-state index in [1.807, 2.05) is 12.2 Å². The molecule has 0 radical (unpaired) electrons. The van der Waals surface area contributed by atoms with Crippen molar-refractivity contribution in [3.63, 3.8) is 0 Å². The molecule has 2 nitrogen and oxygen atoms in total. The smallest absolute Gasteiger partial charge is 0.0494 e. The molecule has 0 aromatic rings.